The van der Waals surface area contributed by atoms with Gasteiger partial charge >= 0.3 is 0 Å². The molecule has 3 N–H and O–H groups in total. The average molecular weight is 401 g/mol. The fourth-order valence-corrected chi connectivity index (χ4v) is 4.30. The van der Waals surface area contributed by atoms with E-state index in [1.165, 1.54) is 0 Å². The summed E-state index contributed by atoms with van der Waals surface area (Å²) in [5.74, 6) is 0.333. The van der Waals surface area contributed by atoms with Gasteiger partial charge in [-0.1, -0.05) is 72.8 Å². The first kappa shape index (κ1) is 19.6. The first-order valence-electron chi connectivity index (χ1n) is 8.54. The maximum Gasteiger partial charge on any atom is 0.241 e. The molecule has 0 amide bonds. The molecule has 0 aliphatic rings. The Morgan fingerprint density at radius 1 is 0.815 bits per heavy atom. The minimum absolute atomic E-state index is 0.178. The zero-order chi connectivity index (χ0) is 19.3. The molecular formula is C21H21ClN2O2S. The van der Waals surface area contributed by atoms with Gasteiger partial charge in [0, 0.05) is 5.88 Å². The Morgan fingerprint density at radius 2 is 1.33 bits per heavy atom. The third kappa shape index (κ3) is 4.76. The van der Waals surface area contributed by atoms with Crippen molar-refractivity contribution in [2.45, 2.75) is 22.9 Å². The van der Waals surface area contributed by atoms with Gasteiger partial charge in [-0.2, -0.15) is 0 Å². The monoisotopic (exact) mass is 400 g/mol. The second-order valence-corrected chi connectivity index (χ2v) is 8.20. The van der Waals surface area contributed by atoms with Crippen molar-refractivity contribution in [2.75, 3.05) is 0 Å². The Bertz CT molecular complexity index is 962. The van der Waals surface area contributed by atoms with E-state index < -0.39 is 22.1 Å². The Labute approximate surface area is 165 Å². The number of benzene rings is 3. The molecule has 27 heavy (non-hydrogen) atoms. The van der Waals surface area contributed by atoms with Crippen molar-refractivity contribution < 1.29 is 8.42 Å². The van der Waals surface area contributed by atoms with Crippen LogP contribution >= 0.6 is 11.6 Å². The van der Waals surface area contributed by atoms with Gasteiger partial charge in [0.25, 0.3) is 0 Å². The molecule has 0 saturated heterocycles. The molecule has 0 saturated carbocycles. The molecule has 2 atom stereocenters. The van der Waals surface area contributed by atoms with Crippen LogP contribution in [0.5, 0.6) is 0 Å². The molecule has 3 aromatic rings. The number of sulfonamides is 1. The molecule has 140 valence electrons. The Hall–Kier alpha value is -2.18. The van der Waals surface area contributed by atoms with Crippen molar-refractivity contribution in [1.29, 1.82) is 0 Å². The van der Waals surface area contributed by atoms with Crippen LogP contribution < -0.4 is 10.5 Å². The summed E-state index contributed by atoms with van der Waals surface area (Å²) in [7, 11) is -3.76. The van der Waals surface area contributed by atoms with Gasteiger partial charge in [-0.25, -0.2) is 13.1 Å². The number of halogens is 1. The summed E-state index contributed by atoms with van der Waals surface area (Å²) in [4.78, 5) is 0.178. The van der Waals surface area contributed by atoms with Gasteiger partial charge in [0.05, 0.1) is 17.0 Å². The molecule has 6 heteroatoms. The molecular weight excluding hydrogens is 380 g/mol. The van der Waals surface area contributed by atoms with Crippen LogP contribution in [0.15, 0.2) is 89.8 Å². The molecule has 0 bridgehead atoms. The predicted molar refractivity (Wildman–Crippen MR) is 109 cm³/mol. The number of hydrogen-bond acceptors (Lipinski definition) is 3. The van der Waals surface area contributed by atoms with Gasteiger partial charge in [-0.15, -0.1) is 11.6 Å². The molecule has 3 rings (SSSR count). The van der Waals surface area contributed by atoms with Gasteiger partial charge in [-0.3, -0.25) is 0 Å². The molecule has 0 radical (unpaired) electrons. The van der Waals surface area contributed by atoms with Crippen LogP contribution in [0.2, 0.25) is 0 Å². The quantitative estimate of drug-likeness (QED) is 0.585. The molecule has 0 heterocycles. The van der Waals surface area contributed by atoms with E-state index in [9.17, 15) is 8.42 Å². The van der Waals surface area contributed by atoms with E-state index in [1.807, 2.05) is 60.7 Å². The molecule has 0 unspecified atom stereocenters. The molecule has 0 aromatic heterocycles. The third-order valence-electron chi connectivity index (χ3n) is 4.37. The van der Waals surface area contributed by atoms with Gasteiger partial charge < -0.3 is 5.73 Å². The van der Waals surface area contributed by atoms with Gasteiger partial charge in [0.1, 0.15) is 0 Å². The third-order valence-corrected chi connectivity index (χ3v) is 6.14. The molecule has 0 aliphatic heterocycles. The zero-order valence-electron chi connectivity index (χ0n) is 14.6. The van der Waals surface area contributed by atoms with Crippen LogP contribution in [0.3, 0.4) is 0 Å². The van der Waals surface area contributed by atoms with Crippen molar-refractivity contribution in [3.05, 3.63) is 102 Å². The van der Waals surface area contributed by atoms with E-state index >= 15 is 0 Å². The number of rotatable bonds is 7. The number of nitrogens with two attached hydrogens (primary N) is 1. The van der Waals surface area contributed by atoms with Gasteiger partial charge in [0.2, 0.25) is 10.0 Å². The molecule has 3 aromatic carbocycles. The van der Waals surface area contributed by atoms with Gasteiger partial charge in [-0.05, 0) is 28.8 Å². The highest BCUT2D eigenvalue weighted by atomic mass is 35.5. The van der Waals surface area contributed by atoms with Crippen LogP contribution in [-0.2, 0) is 15.9 Å². The summed E-state index contributed by atoms with van der Waals surface area (Å²) in [5.41, 5.74) is 8.97. The lowest BCUT2D eigenvalue weighted by molar-refractivity contribution is 0.504. The highest BCUT2D eigenvalue weighted by Gasteiger charge is 2.27. The average Bonchev–Trinajstić information content (AvgIpc) is 2.73. The molecule has 0 spiro atoms. The number of hydrogen-bond donors (Lipinski definition) is 2. The summed E-state index contributed by atoms with van der Waals surface area (Å²) in [5, 5.41) is 0. The predicted octanol–water partition coefficient (Wildman–Crippen LogP) is 4.15. The summed E-state index contributed by atoms with van der Waals surface area (Å²) in [6, 6.07) is 24.2. The van der Waals surface area contributed by atoms with E-state index in [4.69, 9.17) is 17.3 Å². The number of nitrogens with one attached hydrogen (secondary N) is 1. The Kier molecular flexibility index (Phi) is 6.29. The molecule has 0 aliphatic carbocycles. The highest BCUT2D eigenvalue weighted by molar-refractivity contribution is 7.89. The smallest absolute Gasteiger partial charge is 0.241 e. The fraction of sp³-hybridized carbons (Fsp3) is 0.143. The Morgan fingerprint density at radius 3 is 1.85 bits per heavy atom. The SMILES string of the molecule is N[C@H](c1ccccc1)[C@H](NS(=O)(=O)c1ccc(CCl)cc1)c1ccccc1. The Balaban J connectivity index is 1.95. The van der Waals surface area contributed by atoms with Crippen LogP contribution in [0.1, 0.15) is 28.8 Å². The normalized spacial score (nSPS) is 13.9. The van der Waals surface area contributed by atoms with Crippen LogP contribution in [-0.4, -0.2) is 8.42 Å². The zero-order valence-corrected chi connectivity index (χ0v) is 16.2. The standard InChI is InChI=1S/C21H21ClN2O2S/c22-15-16-11-13-19(14-12-16)27(25,26)24-21(18-9-5-2-6-10-18)20(23)17-7-3-1-4-8-17/h1-14,20-21,24H,15,23H2/t20-,21-/m1/s1. The number of alkyl halides is 1. The van der Waals surface area contributed by atoms with E-state index in [1.54, 1.807) is 24.3 Å². The van der Waals surface area contributed by atoms with Crippen molar-refractivity contribution in [3.8, 4) is 0 Å². The first-order valence-corrected chi connectivity index (χ1v) is 10.6. The van der Waals surface area contributed by atoms with Gasteiger partial charge in [0.15, 0.2) is 0 Å². The first-order chi connectivity index (χ1) is 13.0. The molecule has 4 nitrogen and oxygen atoms in total. The summed E-state index contributed by atoms with van der Waals surface area (Å²) in [6.07, 6.45) is 0. The van der Waals surface area contributed by atoms with Crippen LogP contribution in [0.25, 0.3) is 0 Å². The minimum Gasteiger partial charge on any atom is -0.322 e. The fourth-order valence-electron chi connectivity index (χ4n) is 2.87. The largest absolute Gasteiger partial charge is 0.322 e. The molecule has 0 fully saturated rings. The second kappa shape index (κ2) is 8.67. The summed E-state index contributed by atoms with van der Waals surface area (Å²) >= 11 is 5.79. The highest BCUT2D eigenvalue weighted by Crippen LogP contribution is 2.28. The summed E-state index contributed by atoms with van der Waals surface area (Å²) < 4.78 is 28.7. The maximum absolute atomic E-state index is 13.0. The lowest BCUT2D eigenvalue weighted by Gasteiger charge is -2.26. The second-order valence-electron chi connectivity index (χ2n) is 6.22. The van der Waals surface area contributed by atoms with E-state index in [-0.39, 0.29) is 4.90 Å². The minimum atomic E-state index is -3.76. The lowest BCUT2D eigenvalue weighted by atomic mass is 9.95. The van der Waals surface area contributed by atoms with Crippen molar-refractivity contribution in [1.82, 2.24) is 4.72 Å². The topological polar surface area (TPSA) is 72.2 Å². The maximum atomic E-state index is 13.0. The van der Waals surface area contributed by atoms with Crippen LogP contribution in [0, 0.1) is 0 Å². The van der Waals surface area contributed by atoms with E-state index in [0.717, 1.165) is 16.7 Å². The van der Waals surface area contributed by atoms with Crippen LogP contribution in [0.4, 0.5) is 0 Å². The van der Waals surface area contributed by atoms with Crippen molar-refractivity contribution in [2.24, 2.45) is 5.73 Å². The van der Waals surface area contributed by atoms with E-state index in [0.29, 0.717) is 5.88 Å². The van der Waals surface area contributed by atoms with E-state index in [2.05, 4.69) is 4.72 Å². The lowest BCUT2D eigenvalue weighted by Crippen LogP contribution is -2.36. The summed E-state index contributed by atoms with van der Waals surface area (Å²) in [6.45, 7) is 0. The van der Waals surface area contributed by atoms with Crippen molar-refractivity contribution in [3.63, 3.8) is 0 Å². The van der Waals surface area contributed by atoms with Crippen molar-refractivity contribution >= 4 is 21.6 Å².